The maximum Gasteiger partial charge on any atom is 0.469 e. The van der Waals surface area contributed by atoms with Gasteiger partial charge in [-0.15, -0.1) is 0 Å². The smallest absolute Gasteiger partial charge is 0.469 e. The summed E-state index contributed by atoms with van der Waals surface area (Å²) < 4.78 is 46.1. The van der Waals surface area contributed by atoms with Gasteiger partial charge in [-0.3, -0.25) is 0 Å². The van der Waals surface area contributed by atoms with Gasteiger partial charge in [-0.05, 0) is 12.1 Å². The van der Waals surface area contributed by atoms with Crippen LogP contribution in [0.2, 0.25) is 0 Å². The van der Waals surface area contributed by atoms with Crippen LogP contribution in [0.25, 0.3) is 10.9 Å². The molecule has 1 aromatic carbocycles. The van der Waals surface area contributed by atoms with Gasteiger partial charge in [0, 0.05) is 0 Å². The van der Waals surface area contributed by atoms with Gasteiger partial charge in [0.2, 0.25) is 0 Å². The number of alkyl halides is 3. The molecular weight excluding hydrogens is 239 g/mol. The number of fused-ring (bicyclic) bond motifs is 1. The van der Waals surface area contributed by atoms with E-state index in [4.69, 9.17) is 4.74 Å². The molecule has 4 nitrogen and oxygen atoms in total. The molecule has 1 heterocycles. The average molecular weight is 245 g/mol. The Morgan fingerprint density at radius 1 is 1.35 bits per heavy atom. The highest BCUT2D eigenvalue weighted by atomic mass is 19.4. The number of halogens is 3. The number of hydrogen-bond acceptors (Lipinski definition) is 4. The number of aromatic nitrogens is 1. The molecule has 0 aliphatic carbocycles. The first kappa shape index (κ1) is 11.4. The maximum absolute atomic E-state index is 12.4. The molecule has 0 N–H and O–H groups in total. The van der Waals surface area contributed by atoms with E-state index in [0.29, 0.717) is 0 Å². The van der Waals surface area contributed by atoms with Crippen molar-refractivity contribution in [3.05, 3.63) is 34.5 Å². The predicted molar refractivity (Wildman–Crippen MR) is 51.8 cm³/mol. The molecule has 0 radical (unpaired) electrons. The summed E-state index contributed by atoms with van der Waals surface area (Å²) in [7, 11) is 1.28. The number of para-hydroxylation sites is 1. The van der Waals surface area contributed by atoms with E-state index in [1.807, 2.05) is 0 Å². The standard InChI is InChI=1S/C10H6F3NO3/c1-16-6-4-2-3-5-7(6)14-9(10(11,12)13)17-8(5)15/h2-4H,1H3. The molecule has 0 saturated carbocycles. The van der Waals surface area contributed by atoms with Gasteiger partial charge >= 0.3 is 17.7 Å². The highest BCUT2D eigenvalue weighted by Gasteiger charge is 2.37. The third-order valence-corrected chi connectivity index (χ3v) is 2.08. The summed E-state index contributed by atoms with van der Waals surface area (Å²) in [4.78, 5) is 14.6. The van der Waals surface area contributed by atoms with Crippen molar-refractivity contribution in [2.75, 3.05) is 7.11 Å². The van der Waals surface area contributed by atoms with E-state index in [9.17, 15) is 18.0 Å². The van der Waals surface area contributed by atoms with Crippen molar-refractivity contribution in [2.24, 2.45) is 0 Å². The molecule has 0 spiro atoms. The van der Waals surface area contributed by atoms with Crippen molar-refractivity contribution in [3.8, 4) is 5.75 Å². The van der Waals surface area contributed by atoms with Gasteiger partial charge in [-0.1, -0.05) is 6.07 Å². The van der Waals surface area contributed by atoms with Gasteiger partial charge in [0.05, 0.1) is 12.5 Å². The monoisotopic (exact) mass is 245 g/mol. The molecular formula is C10H6F3NO3. The van der Waals surface area contributed by atoms with Gasteiger partial charge < -0.3 is 9.15 Å². The SMILES string of the molecule is COc1cccc2c(=O)oc(C(F)(F)F)nc12. The summed E-state index contributed by atoms with van der Waals surface area (Å²) in [6, 6.07) is 4.19. The number of hydrogen-bond donors (Lipinski definition) is 0. The van der Waals surface area contributed by atoms with Crippen molar-refractivity contribution < 1.29 is 22.3 Å². The fraction of sp³-hybridized carbons (Fsp3) is 0.200. The van der Waals surface area contributed by atoms with Crippen LogP contribution in [0.5, 0.6) is 5.75 Å². The Hall–Kier alpha value is -2.05. The Kier molecular flexibility index (Phi) is 2.53. The highest BCUT2D eigenvalue weighted by Crippen LogP contribution is 2.29. The first-order valence-electron chi connectivity index (χ1n) is 4.48. The number of nitrogens with zero attached hydrogens (tertiary/aromatic N) is 1. The van der Waals surface area contributed by atoms with E-state index in [-0.39, 0.29) is 16.7 Å². The zero-order valence-corrected chi connectivity index (χ0v) is 8.54. The quantitative estimate of drug-likeness (QED) is 0.772. The number of methoxy groups -OCH3 is 1. The van der Waals surface area contributed by atoms with Gasteiger partial charge in [-0.25, -0.2) is 9.78 Å². The summed E-state index contributed by atoms with van der Waals surface area (Å²) in [5, 5.41) is -0.0580. The Morgan fingerprint density at radius 3 is 2.65 bits per heavy atom. The Morgan fingerprint density at radius 2 is 2.06 bits per heavy atom. The van der Waals surface area contributed by atoms with Gasteiger partial charge in [0.1, 0.15) is 11.3 Å². The summed E-state index contributed by atoms with van der Waals surface area (Å²) in [5.41, 5.74) is -1.26. The van der Waals surface area contributed by atoms with Gasteiger partial charge in [0.25, 0.3) is 0 Å². The van der Waals surface area contributed by atoms with E-state index in [0.717, 1.165) is 0 Å². The second-order valence-electron chi connectivity index (χ2n) is 3.16. The number of rotatable bonds is 1. The van der Waals surface area contributed by atoms with Crippen LogP contribution < -0.4 is 10.4 Å². The second-order valence-corrected chi connectivity index (χ2v) is 3.16. The molecule has 0 amide bonds. The molecule has 90 valence electrons. The molecule has 0 aliphatic heterocycles. The number of benzene rings is 1. The second kappa shape index (κ2) is 3.76. The minimum Gasteiger partial charge on any atom is -0.494 e. The first-order chi connectivity index (χ1) is 7.93. The molecule has 0 unspecified atom stereocenters. The molecule has 17 heavy (non-hydrogen) atoms. The van der Waals surface area contributed by atoms with Crippen molar-refractivity contribution in [3.63, 3.8) is 0 Å². The van der Waals surface area contributed by atoms with E-state index in [2.05, 4.69) is 9.40 Å². The minimum absolute atomic E-state index is 0.0580. The summed E-state index contributed by atoms with van der Waals surface area (Å²) in [6.07, 6.45) is -4.81. The molecule has 7 heteroatoms. The van der Waals surface area contributed by atoms with E-state index in [1.165, 1.54) is 25.3 Å². The molecule has 0 bridgehead atoms. The van der Waals surface area contributed by atoms with Crippen LogP contribution in [0.15, 0.2) is 27.4 Å². The molecule has 0 saturated heterocycles. The van der Waals surface area contributed by atoms with E-state index >= 15 is 0 Å². The van der Waals surface area contributed by atoms with Crippen molar-refractivity contribution in [2.45, 2.75) is 6.18 Å². The van der Waals surface area contributed by atoms with Crippen LogP contribution in [-0.2, 0) is 6.18 Å². The van der Waals surface area contributed by atoms with Gasteiger partial charge in [-0.2, -0.15) is 13.2 Å². The van der Waals surface area contributed by atoms with E-state index < -0.39 is 17.7 Å². The van der Waals surface area contributed by atoms with Crippen molar-refractivity contribution >= 4 is 10.9 Å². The maximum atomic E-state index is 12.4. The van der Waals surface area contributed by atoms with Crippen LogP contribution in [0.3, 0.4) is 0 Å². The lowest BCUT2D eigenvalue weighted by molar-refractivity contribution is -0.158. The average Bonchev–Trinajstić information content (AvgIpc) is 2.27. The fourth-order valence-electron chi connectivity index (χ4n) is 1.36. The Labute approximate surface area is 92.6 Å². The molecule has 2 rings (SSSR count). The zero-order chi connectivity index (χ0) is 12.6. The molecule has 1 aromatic heterocycles. The van der Waals surface area contributed by atoms with Crippen LogP contribution >= 0.6 is 0 Å². The molecule has 0 aliphatic rings. The topological polar surface area (TPSA) is 52.3 Å². The van der Waals surface area contributed by atoms with Crippen molar-refractivity contribution in [1.82, 2.24) is 4.98 Å². The van der Waals surface area contributed by atoms with E-state index in [1.54, 1.807) is 0 Å². The predicted octanol–water partition coefficient (Wildman–Crippen LogP) is 2.22. The van der Waals surface area contributed by atoms with Crippen LogP contribution in [0, 0.1) is 0 Å². The largest absolute Gasteiger partial charge is 0.494 e. The summed E-state index contributed by atoms with van der Waals surface area (Å²) >= 11 is 0. The van der Waals surface area contributed by atoms with Crippen LogP contribution in [-0.4, -0.2) is 12.1 Å². The lowest BCUT2D eigenvalue weighted by atomic mass is 10.2. The summed E-state index contributed by atoms with van der Waals surface area (Å²) in [6.45, 7) is 0. The molecule has 2 aromatic rings. The molecule has 0 atom stereocenters. The van der Waals surface area contributed by atoms with Crippen molar-refractivity contribution in [1.29, 1.82) is 0 Å². The summed E-state index contributed by atoms with van der Waals surface area (Å²) in [5.74, 6) is -1.50. The highest BCUT2D eigenvalue weighted by molar-refractivity contribution is 5.83. The Balaban J connectivity index is 2.84. The Bertz CT molecular complexity index is 618. The van der Waals surface area contributed by atoms with Crippen LogP contribution in [0.4, 0.5) is 13.2 Å². The van der Waals surface area contributed by atoms with Crippen LogP contribution in [0.1, 0.15) is 5.89 Å². The first-order valence-corrected chi connectivity index (χ1v) is 4.48. The lowest BCUT2D eigenvalue weighted by Gasteiger charge is -2.06. The fourth-order valence-corrected chi connectivity index (χ4v) is 1.36. The van der Waals surface area contributed by atoms with Gasteiger partial charge in [0.15, 0.2) is 0 Å². The molecule has 0 fully saturated rings. The third-order valence-electron chi connectivity index (χ3n) is 2.08. The minimum atomic E-state index is -4.81. The lowest BCUT2D eigenvalue weighted by Crippen LogP contribution is -2.14. The zero-order valence-electron chi connectivity index (χ0n) is 8.54. The third kappa shape index (κ3) is 1.95. The normalized spacial score (nSPS) is 11.8. The number of ether oxygens (including phenoxy) is 1.